The van der Waals surface area contributed by atoms with Crippen molar-refractivity contribution in [2.24, 2.45) is 5.73 Å². The number of para-hydroxylation sites is 1. The zero-order valence-corrected chi connectivity index (χ0v) is 13.0. The summed E-state index contributed by atoms with van der Waals surface area (Å²) in [6.45, 7) is 0. The van der Waals surface area contributed by atoms with Gasteiger partial charge in [-0.25, -0.2) is 0 Å². The lowest BCUT2D eigenvalue weighted by atomic mass is 10.2. The van der Waals surface area contributed by atoms with E-state index in [1.807, 2.05) is 18.2 Å². The molecule has 2 amide bonds. The zero-order chi connectivity index (χ0) is 16.4. The maximum absolute atomic E-state index is 11.8. The number of anilines is 1. The van der Waals surface area contributed by atoms with Gasteiger partial charge >= 0.3 is 5.97 Å². The molecule has 0 heterocycles. The minimum Gasteiger partial charge on any atom is -0.481 e. The van der Waals surface area contributed by atoms with Crippen molar-refractivity contribution >= 4 is 35.2 Å². The number of carbonyl (C=O) groups excluding carboxylic acids is 2. The van der Waals surface area contributed by atoms with Crippen molar-refractivity contribution in [2.75, 3.05) is 11.1 Å². The molecule has 6 nitrogen and oxygen atoms in total. The van der Waals surface area contributed by atoms with Crippen molar-refractivity contribution in [1.29, 1.82) is 0 Å². The Balaban J connectivity index is 2.45. The molecule has 0 aliphatic heterocycles. The fraction of sp³-hybridized carbons (Fsp3) is 0.400. The van der Waals surface area contributed by atoms with Crippen molar-refractivity contribution in [3.63, 3.8) is 0 Å². The van der Waals surface area contributed by atoms with Crippen LogP contribution < -0.4 is 11.1 Å². The van der Waals surface area contributed by atoms with Gasteiger partial charge in [-0.2, -0.15) is 0 Å². The number of hydrogen-bond donors (Lipinski definition) is 3. The number of amides is 2. The second kappa shape index (κ2) is 9.83. The lowest BCUT2D eigenvalue weighted by Gasteiger charge is -2.10. The molecule has 0 atom stereocenters. The quantitative estimate of drug-likeness (QED) is 0.451. The van der Waals surface area contributed by atoms with Gasteiger partial charge < -0.3 is 16.2 Å². The topological polar surface area (TPSA) is 109 Å². The third-order valence-electron chi connectivity index (χ3n) is 2.81. The number of rotatable bonds is 10. The van der Waals surface area contributed by atoms with Crippen molar-refractivity contribution in [1.82, 2.24) is 0 Å². The smallest absolute Gasteiger partial charge is 0.303 e. The van der Waals surface area contributed by atoms with E-state index in [4.69, 9.17) is 10.8 Å². The third kappa shape index (κ3) is 7.68. The Kier molecular flexibility index (Phi) is 8.06. The van der Waals surface area contributed by atoms with Gasteiger partial charge in [0, 0.05) is 29.9 Å². The molecule has 0 fully saturated rings. The Hall–Kier alpha value is -2.02. The van der Waals surface area contributed by atoms with Gasteiger partial charge in [-0.1, -0.05) is 12.1 Å². The highest BCUT2D eigenvalue weighted by atomic mass is 32.2. The highest BCUT2D eigenvalue weighted by Gasteiger charge is 2.08. The molecule has 22 heavy (non-hydrogen) atoms. The fourth-order valence-corrected chi connectivity index (χ4v) is 2.70. The molecule has 0 saturated carbocycles. The summed E-state index contributed by atoms with van der Waals surface area (Å²) in [5.74, 6) is -0.793. The molecular formula is C15H20N2O4S. The average Bonchev–Trinajstić information content (AvgIpc) is 2.45. The molecule has 0 unspecified atom stereocenters. The van der Waals surface area contributed by atoms with E-state index in [2.05, 4.69) is 5.32 Å². The molecule has 120 valence electrons. The molecule has 1 aromatic carbocycles. The molecule has 0 spiro atoms. The minimum atomic E-state index is -0.850. The van der Waals surface area contributed by atoms with Gasteiger partial charge in [-0.05, 0) is 25.0 Å². The summed E-state index contributed by atoms with van der Waals surface area (Å²) >= 11 is 1.46. The predicted octanol–water partition coefficient (Wildman–Crippen LogP) is 2.24. The van der Waals surface area contributed by atoms with Crippen LogP contribution in [0.15, 0.2) is 29.2 Å². The number of thioether (sulfide) groups is 1. The fourth-order valence-electron chi connectivity index (χ4n) is 1.73. The average molecular weight is 324 g/mol. The number of hydrogen-bond acceptors (Lipinski definition) is 4. The number of carbonyl (C=O) groups is 3. The number of nitrogens with two attached hydrogens (primary N) is 1. The minimum absolute atomic E-state index is 0.0762. The normalized spacial score (nSPS) is 10.2. The van der Waals surface area contributed by atoms with E-state index in [0.717, 1.165) is 4.90 Å². The van der Waals surface area contributed by atoms with Crippen LogP contribution in [-0.4, -0.2) is 28.6 Å². The first kappa shape index (κ1) is 18.0. The van der Waals surface area contributed by atoms with Gasteiger partial charge in [0.1, 0.15) is 0 Å². The third-order valence-corrected chi connectivity index (χ3v) is 3.89. The first-order valence-corrected chi connectivity index (χ1v) is 7.99. The molecule has 0 aliphatic rings. The molecule has 0 aromatic heterocycles. The molecule has 1 aromatic rings. The lowest BCUT2D eigenvalue weighted by Crippen LogP contribution is -2.13. The largest absolute Gasteiger partial charge is 0.481 e. The molecule has 4 N–H and O–H groups in total. The summed E-state index contributed by atoms with van der Waals surface area (Å²) in [5.41, 5.74) is 5.80. The Morgan fingerprint density at radius 2 is 1.77 bits per heavy atom. The van der Waals surface area contributed by atoms with Gasteiger partial charge in [-0.15, -0.1) is 11.8 Å². The van der Waals surface area contributed by atoms with Gasteiger partial charge in [0.15, 0.2) is 0 Å². The highest BCUT2D eigenvalue weighted by Crippen LogP contribution is 2.27. The van der Waals surface area contributed by atoms with Crippen LogP contribution in [0.2, 0.25) is 0 Å². The summed E-state index contributed by atoms with van der Waals surface area (Å²) in [6, 6.07) is 7.33. The second-order valence-electron chi connectivity index (χ2n) is 4.71. The Labute approximate surface area is 133 Å². The van der Waals surface area contributed by atoms with Crippen molar-refractivity contribution in [3.05, 3.63) is 24.3 Å². The molecule has 0 radical (unpaired) electrons. The summed E-state index contributed by atoms with van der Waals surface area (Å²) < 4.78 is 0. The standard InChI is InChI=1S/C15H20N2O4S/c16-13(18)9-10-22-12-6-2-1-5-11(12)17-14(19)7-3-4-8-15(20)21/h1-2,5-6H,3-4,7-10H2,(H2,16,18)(H,17,19)(H,20,21). The SMILES string of the molecule is NC(=O)CCSc1ccccc1NC(=O)CCCCC(=O)O. The summed E-state index contributed by atoms with van der Waals surface area (Å²) in [5, 5.41) is 11.3. The Bertz CT molecular complexity index is 534. The van der Waals surface area contributed by atoms with Gasteiger partial charge in [0.2, 0.25) is 11.8 Å². The van der Waals surface area contributed by atoms with Crippen molar-refractivity contribution < 1.29 is 19.5 Å². The number of unbranched alkanes of at least 4 members (excludes halogenated alkanes) is 1. The van der Waals surface area contributed by atoms with Gasteiger partial charge in [0.25, 0.3) is 0 Å². The van der Waals surface area contributed by atoms with E-state index < -0.39 is 5.97 Å². The molecule has 0 bridgehead atoms. The molecule has 0 aliphatic carbocycles. The van der Waals surface area contributed by atoms with E-state index >= 15 is 0 Å². The molecular weight excluding hydrogens is 304 g/mol. The van der Waals surface area contributed by atoms with Crippen LogP contribution in [0.5, 0.6) is 0 Å². The lowest BCUT2D eigenvalue weighted by molar-refractivity contribution is -0.137. The number of nitrogens with one attached hydrogen (secondary N) is 1. The van der Waals surface area contributed by atoms with E-state index in [9.17, 15) is 14.4 Å². The van der Waals surface area contributed by atoms with Crippen molar-refractivity contribution in [3.8, 4) is 0 Å². The summed E-state index contributed by atoms with van der Waals surface area (Å²) in [6.07, 6.45) is 1.66. The number of primary amides is 1. The highest BCUT2D eigenvalue weighted by molar-refractivity contribution is 7.99. The van der Waals surface area contributed by atoms with E-state index in [1.165, 1.54) is 11.8 Å². The van der Waals surface area contributed by atoms with E-state index in [-0.39, 0.29) is 31.1 Å². The van der Waals surface area contributed by atoms with Crippen LogP contribution >= 0.6 is 11.8 Å². The second-order valence-corrected chi connectivity index (χ2v) is 5.85. The van der Waals surface area contributed by atoms with Gasteiger partial charge in [-0.3, -0.25) is 14.4 Å². The Morgan fingerprint density at radius 1 is 1.09 bits per heavy atom. The number of carboxylic acids is 1. The first-order chi connectivity index (χ1) is 10.5. The maximum Gasteiger partial charge on any atom is 0.303 e. The number of benzene rings is 1. The van der Waals surface area contributed by atoms with E-state index in [1.54, 1.807) is 6.07 Å². The van der Waals surface area contributed by atoms with E-state index in [0.29, 0.717) is 24.3 Å². The number of carboxylic acid groups (broad SMARTS) is 1. The van der Waals surface area contributed by atoms with Crippen LogP contribution in [-0.2, 0) is 14.4 Å². The van der Waals surface area contributed by atoms with Gasteiger partial charge in [0.05, 0.1) is 5.69 Å². The predicted molar refractivity (Wildman–Crippen MR) is 85.7 cm³/mol. The molecule has 0 saturated heterocycles. The van der Waals surface area contributed by atoms with Crippen LogP contribution in [0.25, 0.3) is 0 Å². The van der Waals surface area contributed by atoms with Crippen LogP contribution in [0.3, 0.4) is 0 Å². The first-order valence-electron chi connectivity index (χ1n) is 7.01. The van der Waals surface area contributed by atoms with Crippen LogP contribution in [0, 0.1) is 0 Å². The maximum atomic E-state index is 11.8. The van der Waals surface area contributed by atoms with Crippen LogP contribution in [0.4, 0.5) is 5.69 Å². The number of aliphatic carboxylic acids is 1. The monoisotopic (exact) mass is 324 g/mol. The summed E-state index contributed by atoms with van der Waals surface area (Å²) in [4.78, 5) is 33.9. The van der Waals surface area contributed by atoms with Crippen LogP contribution in [0.1, 0.15) is 32.1 Å². The molecule has 1 rings (SSSR count). The van der Waals surface area contributed by atoms with Crippen molar-refractivity contribution in [2.45, 2.75) is 37.0 Å². The zero-order valence-electron chi connectivity index (χ0n) is 12.2. The molecule has 7 heteroatoms. The summed E-state index contributed by atoms with van der Waals surface area (Å²) in [7, 11) is 0. The Morgan fingerprint density at radius 3 is 2.45 bits per heavy atom.